The summed E-state index contributed by atoms with van der Waals surface area (Å²) in [7, 11) is 1.80. The van der Waals surface area contributed by atoms with Gasteiger partial charge in [-0.15, -0.1) is 0 Å². The maximum absolute atomic E-state index is 14.7. The van der Waals surface area contributed by atoms with Crippen molar-refractivity contribution in [2.24, 2.45) is 0 Å². The molecule has 0 saturated heterocycles. The van der Waals surface area contributed by atoms with Gasteiger partial charge in [0, 0.05) is 61.5 Å². The number of nitrogens with one attached hydrogen (secondary N) is 1. The van der Waals surface area contributed by atoms with Gasteiger partial charge in [0.05, 0.1) is 17.9 Å². The lowest BCUT2D eigenvalue weighted by atomic mass is 9.96. The maximum atomic E-state index is 14.7. The lowest BCUT2D eigenvalue weighted by Crippen LogP contribution is -2.29. The number of carbonyl (C=O) groups excluding carboxylic acids is 1. The molecule has 6 heterocycles. The molecule has 0 aliphatic carbocycles. The van der Waals surface area contributed by atoms with Gasteiger partial charge in [0.1, 0.15) is 24.4 Å². The Morgan fingerprint density at radius 3 is 2.92 bits per heavy atom. The van der Waals surface area contributed by atoms with E-state index in [-0.39, 0.29) is 12.5 Å². The number of carbonyl (C=O) groups is 1. The summed E-state index contributed by atoms with van der Waals surface area (Å²) < 4.78 is 21.9. The molecule has 0 fully saturated rings. The van der Waals surface area contributed by atoms with E-state index in [1.807, 2.05) is 25.1 Å². The average Bonchev–Trinajstić information content (AvgIpc) is 3.17. The molecule has 1 atom stereocenters. The van der Waals surface area contributed by atoms with Crippen molar-refractivity contribution in [3.63, 3.8) is 0 Å². The molecule has 11 heteroatoms. The van der Waals surface area contributed by atoms with Crippen molar-refractivity contribution in [2.75, 3.05) is 31.2 Å². The van der Waals surface area contributed by atoms with Crippen LogP contribution in [0.2, 0.25) is 0 Å². The van der Waals surface area contributed by atoms with Crippen LogP contribution in [0, 0.1) is 6.92 Å². The van der Waals surface area contributed by atoms with Gasteiger partial charge in [-0.2, -0.15) is 5.10 Å². The molecular formula is C25H25FN8O2. The summed E-state index contributed by atoms with van der Waals surface area (Å²) in [6.07, 6.45) is 3.21. The highest BCUT2D eigenvalue weighted by molar-refractivity contribution is 5.95. The summed E-state index contributed by atoms with van der Waals surface area (Å²) in [6, 6.07) is 5.69. The largest absolute Gasteiger partial charge is 0.477 e. The molecular weight excluding hydrogens is 463 g/mol. The second-order valence-corrected chi connectivity index (χ2v) is 9.17. The van der Waals surface area contributed by atoms with Gasteiger partial charge in [0.25, 0.3) is 0 Å². The highest BCUT2D eigenvalue weighted by Crippen LogP contribution is 2.39. The number of anilines is 3. The molecule has 4 aromatic rings. The van der Waals surface area contributed by atoms with Crippen LogP contribution in [0.25, 0.3) is 22.0 Å². The number of nitrogen functional groups attached to an aromatic ring is 1. The number of alkyl halides is 1. The highest BCUT2D eigenvalue weighted by atomic mass is 19.1. The minimum Gasteiger partial charge on any atom is -0.477 e. The minimum atomic E-state index is -1.13. The number of nitrogens with two attached hydrogens (primary N) is 1. The number of aromatic nitrogens is 5. The van der Waals surface area contributed by atoms with Crippen LogP contribution in [0.5, 0.6) is 5.88 Å². The van der Waals surface area contributed by atoms with Crippen molar-refractivity contribution in [1.82, 2.24) is 29.6 Å². The van der Waals surface area contributed by atoms with Gasteiger partial charge < -0.3 is 20.7 Å². The fourth-order valence-corrected chi connectivity index (χ4v) is 4.76. The van der Waals surface area contributed by atoms with Crippen LogP contribution >= 0.6 is 0 Å². The van der Waals surface area contributed by atoms with Crippen LogP contribution in [-0.4, -0.2) is 55.7 Å². The van der Waals surface area contributed by atoms with Gasteiger partial charge >= 0.3 is 0 Å². The van der Waals surface area contributed by atoms with E-state index in [0.29, 0.717) is 65.1 Å². The number of ether oxygens (including phenoxy) is 1. The topological polar surface area (TPSA) is 124 Å². The van der Waals surface area contributed by atoms with Crippen LogP contribution in [-0.2, 0) is 17.8 Å². The molecule has 0 saturated carbocycles. The molecule has 0 unspecified atom stereocenters. The van der Waals surface area contributed by atoms with Crippen LogP contribution < -0.4 is 15.8 Å². The van der Waals surface area contributed by atoms with Gasteiger partial charge in [0.15, 0.2) is 5.82 Å². The Balaban J connectivity index is 1.34. The number of amides is 1. The van der Waals surface area contributed by atoms with E-state index in [0.717, 1.165) is 23.1 Å². The average molecular weight is 489 g/mol. The maximum Gasteiger partial charge on any atom is 0.244 e. The number of hydrogen-bond donors (Lipinski definition) is 2. The molecule has 36 heavy (non-hydrogen) atoms. The number of hydrogen-bond acceptors (Lipinski definition) is 8. The molecule has 2 aliphatic rings. The van der Waals surface area contributed by atoms with Gasteiger partial charge in [-0.3, -0.25) is 9.48 Å². The monoisotopic (exact) mass is 488 g/mol. The van der Waals surface area contributed by atoms with E-state index in [1.54, 1.807) is 29.0 Å². The van der Waals surface area contributed by atoms with E-state index in [4.69, 9.17) is 10.5 Å². The molecule has 0 aromatic carbocycles. The Kier molecular flexibility index (Phi) is 5.20. The quantitative estimate of drug-likeness (QED) is 0.450. The van der Waals surface area contributed by atoms with Gasteiger partial charge in [-0.1, -0.05) is 0 Å². The number of pyridine rings is 3. The zero-order chi connectivity index (χ0) is 25.0. The molecule has 0 spiro atoms. The van der Waals surface area contributed by atoms with Crippen LogP contribution in [0.15, 0.2) is 30.6 Å². The number of rotatable bonds is 3. The van der Waals surface area contributed by atoms with Crippen molar-refractivity contribution in [1.29, 1.82) is 0 Å². The van der Waals surface area contributed by atoms with Gasteiger partial charge in [-0.25, -0.2) is 19.3 Å². The molecule has 1 amide bonds. The zero-order valence-corrected chi connectivity index (χ0v) is 20.0. The van der Waals surface area contributed by atoms with Crippen LogP contribution in [0.3, 0.4) is 0 Å². The Morgan fingerprint density at radius 1 is 1.19 bits per heavy atom. The highest BCUT2D eigenvalue weighted by Gasteiger charge is 2.26. The Labute approximate surface area is 206 Å². The third kappa shape index (κ3) is 3.76. The Bertz CT molecular complexity index is 1520. The Hall–Kier alpha value is -4.28. The molecule has 2 aliphatic heterocycles. The molecule has 0 bridgehead atoms. The van der Waals surface area contributed by atoms with E-state index in [9.17, 15) is 9.18 Å². The molecule has 3 N–H and O–H groups in total. The number of halogens is 1. The Morgan fingerprint density at radius 2 is 2.06 bits per heavy atom. The second-order valence-electron chi connectivity index (χ2n) is 9.17. The number of fused-ring (bicyclic) bond motifs is 3. The molecule has 6 rings (SSSR count). The first-order valence-corrected chi connectivity index (χ1v) is 11.8. The third-order valence-corrected chi connectivity index (χ3v) is 6.83. The lowest BCUT2D eigenvalue weighted by molar-refractivity contribution is -0.130. The molecule has 4 aromatic heterocycles. The number of likely N-dealkylation sites (N-methyl/N-ethyl adjacent to an activating group) is 1. The zero-order valence-electron chi connectivity index (χ0n) is 20.0. The molecule has 0 radical (unpaired) electrons. The summed E-state index contributed by atoms with van der Waals surface area (Å²) in [5, 5.41) is 9.29. The first-order chi connectivity index (χ1) is 17.4. The SMILES string of the molecule is Cc1c(-c2cc3cc(Nc4cc5n(n4)CC(=O)N(C)CC5)ncc3c(N)n2)cnc2c1[C@H](F)CCO2. The predicted molar refractivity (Wildman–Crippen MR) is 133 cm³/mol. The van der Waals surface area contributed by atoms with Crippen molar-refractivity contribution in [2.45, 2.75) is 32.5 Å². The summed E-state index contributed by atoms with van der Waals surface area (Å²) in [5.74, 6) is 1.88. The molecule has 184 valence electrons. The minimum absolute atomic E-state index is 0.0281. The van der Waals surface area contributed by atoms with Gasteiger partial charge in [0.2, 0.25) is 11.8 Å². The second kappa shape index (κ2) is 8.43. The lowest BCUT2D eigenvalue weighted by Gasteiger charge is -2.22. The van der Waals surface area contributed by atoms with E-state index in [1.165, 1.54) is 0 Å². The van der Waals surface area contributed by atoms with Crippen molar-refractivity contribution >= 4 is 34.1 Å². The first-order valence-electron chi connectivity index (χ1n) is 11.8. The van der Waals surface area contributed by atoms with Crippen molar-refractivity contribution in [3.8, 4) is 17.1 Å². The third-order valence-electron chi connectivity index (χ3n) is 6.83. The van der Waals surface area contributed by atoms with Crippen molar-refractivity contribution in [3.05, 3.63) is 47.4 Å². The first kappa shape index (κ1) is 22.2. The normalized spacial score (nSPS) is 17.4. The fraction of sp³-hybridized carbons (Fsp3) is 0.320. The molecule has 10 nitrogen and oxygen atoms in total. The summed E-state index contributed by atoms with van der Waals surface area (Å²) >= 11 is 0. The standard InChI is InChI=1S/C25H25FN8O2/c1-13-16(10-29-25-23(13)18(26)4-6-36-25)19-7-14-8-20(28-11-17(14)24(27)30-19)31-21-9-15-3-5-33(2)22(35)12-34(15)32-21/h7-11,18H,3-6,12H2,1-2H3,(H2,27,30)(H,28,31,32)/t18-/m1/s1. The fourth-order valence-electron chi connectivity index (χ4n) is 4.76. The van der Waals surface area contributed by atoms with E-state index in [2.05, 4.69) is 25.4 Å². The summed E-state index contributed by atoms with van der Waals surface area (Å²) in [5.41, 5.74) is 9.77. The number of nitrogens with zero attached hydrogens (tertiary/aromatic N) is 6. The van der Waals surface area contributed by atoms with Crippen LogP contribution in [0.1, 0.15) is 29.4 Å². The van der Waals surface area contributed by atoms with E-state index < -0.39 is 6.17 Å². The smallest absolute Gasteiger partial charge is 0.244 e. The predicted octanol–water partition coefficient (Wildman–Crippen LogP) is 3.33. The summed E-state index contributed by atoms with van der Waals surface area (Å²) in [4.78, 5) is 27.2. The van der Waals surface area contributed by atoms with E-state index >= 15 is 0 Å². The van der Waals surface area contributed by atoms with Gasteiger partial charge in [-0.05, 0) is 30.0 Å². The summed E-state index contributed by atoms with van der Waals surface area (Å²) in [6.45, 7) is 3.03. The van der Waals surface area contributed by atoms with Crippen molar-refractivity contribution < 1.29 is 13.9 Å². The van der Waals surface area contributed by atoms with Crippen LogP contribution in [0.4, 0.5) is 21.8 Å².